The SMILES string of the molecule is Cc1cc(N2CCC(C)CC2)nc(NC(=S)NCCCc2ccccc2)n1. The van der Waals surface area contributed by atoms with Crippen LogP contribution in [0, 0.1) is 12.8 Å². The molecule has 6 heteroatoms. The van der Waals surface area contributed by atoms with Crippen LogP contribution in [-0.4, -0.2) is 34.7 Å². The van der Waals surface area contributed by atoms with Gasteiger partial charge in [0.2, 0.25) is 5.95 Å². The third-order valence-corrected chi connectivity index (χ3v) is 5.19. The third-order valence-electron chi connectivity index (χ3n) is 4.94. The molecule has 1 saturated heterocycles. The molecule has 0 saturated carbocycles. The second-order valence-corrected chi connectivity index (χ2v) is 7.74. The van der Waals surface area contributed by atoms with E-state index in [1.165, 1.54) is 18.4 Å². The number of rotatable bonds is 6. The Labute approximate surface area is 167 Å². The van der Waals surface area contributed by atoms with Crippen molar-refractivity contribution in [2.45, 2.75) is 39.5 Å². The highest BCUT2D eigenvalue weighted by molar-refractivity contribution is 7.80. The Kier molecular flexibility index (Phi) is 6.98. The molecule has 1 aliphatic rings. The molecule has 3 rings (SSSR count). The number of nitrogens with zero attached hydrogens (tertiary/aromatic N) is 3. The highest BCUT2D eigenvalue weighted by Crippen LogP contribution is 2.22. The van der Waals surface area contributed by atoms with E-state index in [0.717, 1.165) is 49.9 Å². The first-order valence-electron chi connectivity index (χ1n) is 9.79. The van der Waals surface area contributed by atoms with Crippen LogP contribution in [0.3, 0.4) is 0 Å². The van der Waals surface area contributed by atoms with Gasteiger partial charge in [0.25, 0.3) is 0 Å². The van der Waals surface area contributed by atoms with Crippen LogP contribution in [0.4, 0.5) is 11.8 Å². The van der Waals surface area contributed by atoms with Crippen molar-refractivity contribution >= 4 is 29.1 Å². The molecule has 5 nitrogen and oxygen atoms in total. The average Bonchev–Trinajstić information content (AvgIpc) is 2.66. The summed E-state index contributed by atoms with van der Waals surface area (Å²) >= 11 is 5.41. The highest BCUT2D eigenvalue weighted by atomic mass is 32.1. The summed E-state index contributed by atoms with van der Waals surface area (Å²) in [5, 5.41) is 6.97. The predicted octanol–water partition coefficient (Wildman–Crippen LogP) is 3.94. The molecule has 1 fully saturated rings. The maximum atomic E-state index is 5.41. The van der Waals surface area contributed by atoms with Crippen molar-refractivity contribution in [2.75, 3.05) is 29.9 Å². The zero-order chi connectivity index (χ0) is 19.1. The fraction of sp³-hybridized carbons (Fsp3) is 0.476. The predicted molar refractivity (Wildman–Crippen MR) is 116 cm³/mol. The molecule has 0 bridgehead atoms. The lowest BCUT2D eigenvalue weighted by molar-refractivity contribution is 0.436. The molecule has 27 heavy (non-hydrogen) atoms. The Bertz CT molecular complexity index is 741. The maximum absolute atomic E-state index is 5.41. The molecular formula is C21H29N5S. The topological polar surface area (TPSA) is 53.1 Å². The molecule has 144 valence electrons. The van der Waals surface area contributed by atoms with Crippen LogP contribution in [0.15, 0.2) is 36.4 Å². The van der Waals surface area contributed by atoms with Crippen molar-refractivity contribution in [3.8, 4) is 0 Å². The van der Waals surface area contributed by atoms with Crippen molar-refractivity contribution < 1.29 is 0 Å². The summed E-state index contributed by atoms with van der Waals surface area (Å²) in [7, 11) is 0. The quantitative estimate of drug-likeness (QED) is 0.582. The summed E-state index contributed by atoms with van der Waals surface area (Å²) in [6.07, 6.45) is 4.49. The molecule has 0 radical (unpaired) electrons. The molecule has 1 aliphatic heterocycles. The molecule has 0 atom stereocenters. The number of piperidine rings is 1. The molecule has 0 spiro atoms. The van der Waals surface area contributed by atoms with Gasteiger partial charge in [0.15, 0.2) is 5.11 Å². The first-order chi connectivity index (χ1) is 13.1. The minimum atomic E-state index is 0.573. The fourth-order valence-electron chi connectivity index (χ4n) is 3.29. The monoisotopic (exact) mass is 383 g/mol. The molecular weight excluding hydrogens is 354 g/mol. The summed E-state index contributed by atoms with van der Waals surface area (Å²) in [6, 6.07) is 12.5. The number of anilines is 2. The Morgan fingerprint density at radius 2 is 1.93 bits per heavy atom. The number of benzene rings is 1. The van der Waals surface area contributed by atoms with Crippen LogP contribution in [-0.2, 0) is 6.42 Å². The normalized spacial score (nSPS) is 14.8. The van der Waals surface area contributed by atoms with E-state index in [2.05, 4.69) is 62.8 Å². The standard InChI is InChI=1S/C21H29N5S/c1-16-10-13-26(14-11-16)19-15-17(2)23-20(24-19)25-21(27)22-12-6-9-18-7-4-3-5-8-18/h3-5,7-8,15-16H,6,9-14H2,1-2H3,(H2,22,23,24,25,27). The zero-order valence-electron chi connectivity index (χ0n) is 16.2. The van der Waals surface area contributed by atoms with E-state index >= 15 is 0 Å². The Balaban J connectivity index is 1.48. The van der Waals surface area contributed by atoms with Gasteiger partial charge in [-0.05, 0) is 56.3 Å². The van der Waals surface area contributed by atoms with Gasteiger partial charge in [-0.3, -0.25) is 0 Å². The van der Waals surface area contributed by atoms with Crippen LogP contribution in [0.25, 0.3) is 0 Å². The lowest BCUT2D eigenvalue weighted by Gasteiger charge is -2.31. The van der Waals surface area contributed by atoms with Crippen LogP contribution in [0.5, 0.6) is 0 Å². The van der Waals surface area contributed by atoms with Crippen molar-refractivity contribution in [3.63, 3.8) is 0 Å². The fourth-order valence-corrected chi connectivity index (χ4v) is 3.49. The van der Waals surface area contributed by atoms with Crippen molar-refractivity contribution in [2.24, 2.45) is 5.92 Å². The van der Waals surface area contributed by atoms with Crippen LogP contribution in [0.2, 0.25) is 0 Å². The van der Waals surface area contributed by atoms with Gasteiger partial charge in [-0.15, -0.1) is 0 Å². The number of aryl methyl sites for hydroxylation is 2. The van der Waals surface area contributed by atoms with Crippen molar-refractivity contribution in [1.29, 1.82) is 0 Å². The molecule has 0 amide bonds. The lowest BCUT2D eigenvalue weighted by atomic mass is 9.99. The largest absolute Gasteiger partial charge is 0.362 e. The third kappa shape index (κ3) is 6.17. The summed E-state index contributed by atoms with van der Waals surface area (Å²) in [5.74, 6) is 2.36. The highest BCUT2D eigenvalue weighted by Gasteiger charge is 2.18. The summed E-state index contributed by atoms with van der Waals surface area (Å²) in [4.78, 5) is 11.5. The van der Waals surface area contributed by atoms with Gasteiger partial charge in [0.1, 0.15) is 5.82 Å². The number of hydrogen-bond acceptors (Lipinski definition) is 4. The van der Waals surface area contributed by atoms with Gasteiger partial charge in [-0.25, -0.2) is 4.98 Å². The van der Waals surface area contributed by atoms with E-state index < -0.39 is 0 Å². The summed E-state index contributed by atoms with van der Waals surface area (Å²) in [6.45, 7) is 7.25. The molecule has 0 aliphatic carbocycles. The number of hydrogen-bond donors (Lipinski definition) is 2. The van der Waals surface area contributed by atoms with Crippen LogP contribution < -0.4 is 15.5 Å². The van der Waals surface area contributed by atoms with E-state index in [-0.39, 0.29) is 0 Å². The molecule has 1 aromatic heterocycles. The van der Waals surface area contributed by atoms with Gasteiger partial charge >= 0.3 is 0 Å². The lowest BCUT2D eigenvalue weighted by Crippen LogP contribution is -2.34. The number of thiocarbonyl (C=S) groups is 1. The van der Waals surface area contributed by atoms with E-state index in [4.69, 9.17) is 12.2 Å². The zero-order valence-corrected chi connectivity index (χ0v) is 17.1. The van der Waals surface area contributed by atoms with Gasteiger partial charge in [0.05, 0.1) is 0 Å². The van der Waals surface area contributed by atoms with Crippen molar-refractivity contribution in [1.82, 2.24) is 15.3 Å². The van der Waals surface area contributed by atoms with Gasteiger partial charge in [0, 0.05) is 31.4 Å². The number of aromatic nitrogens is 2. The Morgan fingerprint density at radius 3 is 2.67 bits per heavy atom. The summed E-state index contributed by atoms with van der Waals surface area (Å²) < 4.78 is 0. The Morgan fingerprint density at radius 1 is 1.19 bits per heavy atom. The summed E-state index contributed by atoms with van der Waals surface area (Å²) in [5.41, 5.74) is 2.30. The molecule has 2 aromatic rings. The first-order valence-corrected chi connectivity index (χ1v) is 10.2. The molecule has 2 heterocycles. The Hall–Kier alpha value is -2.21. The van der Waals surface area contributed by atoms with E-state index in [9.17, 15) is 0 Å². The van der Waals surface area contributed by atoms with E-state index in [0.29, 0.717) is 11.1 Å². The maximum Gasteiger partial charge on any atom is 0.231 e. The molecule has 1 aromatic carbocycles. The van der Waals surface area contributed by atoms with Gasteiger partial charge < -0.3 is 15.5 Å². The van der Waals surface area contributed by atoms with Crippen LogP contribution >= 0.6 is 12.2 Å². The molecule has 0 unspecified atom stereocenters. The minimum Gasteiger partial charge on any atom is -0.362 e. The second kappa shape index (κ2) is 9.65. The van der Waals surface area contributed by atoms with Gasteiger partial charge in [-0.1, -0.05) is 37.3 Å². The molecule has 2 N–H and O–H groups in total. The number of nitrogens with one attached hydrogen (secondary N) is 2. The van der Waals surface area contributed by atoms with E-state index in [1.54, 1.807) is 0 Å². The van der Waals surface area contributed by atoms with E-state index in [1.807, 2.05) is 13.0 Å². The first kappa shape index (κ1) is 19.5. The van der Waals surface area contributed by atoms with Crippen molar-refractivity contribution in [3.05, 3.63) is 47.7 Å². The minimum absolute atomic E-state index is 0.573. The smallest absolute Gasteiger partial charge is 0.231 e. The second-order valence-electron chi connectivity index (χ2n) is 7.33. The van der Waals surface area contributed by atoms with Crippen LogP contribution in [0.1, 0.15) is 37.4 Å². The van der Waals surface area contributed by atoms with Gasteiger partial charge in [-0.2, -0.15) is 4.98 Å². The average molecular weight is 384 g/mol.